The number of aliphatic hydroxyl groups excluding tert-OH is 1. The highest BCUT2D eigenvalue weighted by Gasteiger charge is 2.12. The molecule has 0 saturated carbocycles. The highest BCUT2D eigenvalue weighted by atomic mass is 32.2. The minimum Gasteiger partial charge on any atom is -0.481 e. The third-order valence-electron chi connectivity index (χ3n) is 2.08. The number of carbonyl (C=O) groups is 1. The van der Waals surface area contributed by atoms with Gasteiger partial charge in [-0.3, -0.25) is 4.79 Å². The normalized spacial score (nSPS) is 13.6. The van der Waals surface area contributed by atoms with Crippen molar-refractivity contribution in [1.29, 1.82) is 0 Å². The smallest absolute Gasteiger partial charge is 0.303 e. The van der Waals surface area contributed by atoms with Crippen molar-refractivity contribution in [3.8, 4) is 0 Å². The van der Waals surface area contributed by atoms with Gasteiger partial charge in [0.2, 0.25) is 10.0 Å². The summed E-state index contributed by atoms with van der Waals surface area (Å²) in [6.45, 7) is 2.13. The minimum absolute atomic E-state index is 0.0297. The summed E-state index contributed by atoms with van der Waals surface area (Å²) < 4.78 is 25.1. The van der Waals surface area contributed by atoms with Gasteiger partial charge in [-0.05, 0) is 18.8 Å². The molecule has 0 amide bonds. The molecule has 0 rings (SSSR count). The second kappa shape index (κ2) is 7.59. The number of rotatable bonds is 9. The Hall–Kier alpha value is -0.660. The van der Waals surface area contributed by atoms with Crippen LogP contribution in [0.1, 0.15) is 26.2 Å². The Bertz CT molecular complexity index is 301. The first-order valence-electron chi connectivity index (χ1n) is 5.17. The van der Waals surface area contributed by atoms with Crippen LogP contribution in [0.2, 0.25) is 0 Å². The fraction of sp³-hybridized carbons (Fsp3) is 0.889. The largest absolute Gasteiger partial charge is 0.481 e. The van der Waals surface area contributed by atoms with Crippen LogP contribution in [-0.2, 0) is 14.8 Å². The van der Waals surface area contributed by atoms with Crippen molar-refractivity contribution in [1.82, 2.24) is 4.72 Å². The van der Waals surface area contributed by atoms with Gasteiger partial charge in [0, 0.05) is 19.6 Å². The monoisotopic (exact) mass is 253 g/mol. The maximum absolute atomic E-state index is 11.4. The molecule has 96 valence electrons. The predicted molar refractivity (Wildman–Crippen MR) is 59.5 cm³/mol. The summed E-state index contributed by atoms with van der Waals surface area (Å²) in [4.78, 5) is 10.2. The molecule has 0 aliphatic carbocycles. The van der Waals surface area contributed by atoms with E-state index in [1.54, 1.807) is 0 Å². The lowest BCUT2D eigenvalue weighted by molar-refractivity contribution is -0.137. The van der Waals surface area contributed by atoms with Crippen LogP contribution in [0.3, 0.4) is 0 Å². The Morgan fingerprint density at radius 1 is 1.44 bits per heavy atom. The summed E-state index contributed by atoms with van der Waals surface area (Å²) in [5, 5.41) is 17.0. The third kappa shape index (κ3) is 8.63. The van der Waals surface area contributed by atoms with Crippen LogP contribution in [0, 0.1) is 5.92 Å². The zero-order valence-corrected chi connectivity index (χ0v) is 10.2. The summed E-state index contributed by atoms with van der Waals surface area (Å²) >= 11 is 0. The molecular weight excluding hydrogens is 234 g/mol. The quantitative estimate of drug-likeness (QED) is 0.527. The van der Waals surface area contributed by atoms with E-state index < -0.39 is 16.0 Å². The second-order valence-corrected chi connectivity index (χ2v) is 5.71. The van der Waals surface area contributed by atoms with E-state index in [4.69, 9.17) is 10.2 Å². The zero-order chi connectivity index (χ0) is 12.6. The summed E-state index contributed by atoms with van der Waals surface area (Å²) in [5.41, 5.74) is 0. The average molecular weight is 253 g/mol. The van der Waals surface area contributed by atoms with Gasteiger partial charge in [0.15, 0.2) is 0 Å². The molecule has 0 fully saturated rings. The Morgan fingerprint density at radius 3 is 2.56 bits per heavy atom. The zero-order valence-electron chi connectivity index (χ0n) is 9.35. The van der Waals surface area contributed by atoms with E-state index in [0.717, 1.165) is 0 Å². The van der Waals surface area contributed by atoms with Crippen molar-refractivity contribution in [2.75, 3.05) is 18.9 Å². The Labute approximate surface area is 95.7 Å². The van der Waals surface area contributed by atoms with Crippen molar-refractivity contribution in [2.24, 2.45) is 5.92 Å². The van der Waals surface area contributed by atoms with E-state index in [1.165, 1.54) is 0 Å². The van der Waals surface area contributed by atoms with E-state index in [9.17, 15) is 13.2 Å². The number of hydrogen-bond donors (Lipinski definition) is 3. The van der Waals surface area contributed by atoms with Gasteiger partial charge in [-0.25, -0.2) is 13.1 Å². The van der Waals surface area contributed by atoms with E-state index in [1.807, 2.05) is 6.92 Å². The maximum Gasteiger partial charge on any atom is 0.303 e. The lowest BCUT2D eigenvalue weighted by Gasteiger charge is -2.11. The Morgan fingerprint density at radius 2 is 2.06 bits per heavy atom. The molecular formula is C9H19NO5S. The molecule has 0 saturated heterocycles. The molecule has 0 radical (unpaired) electrons. The molecule has 0 heterocycles. The van der Waals surface area contributed by atoms with Crippen molar-refractivity contribution < 1.29 is 23.4 Å². The first kappa shape index (κ1) is 15.3. The molecule has 3 N–H and O–H groups in total. The van der Waals surface area contributed by atoms with Crippen LogP contribution >= 0.6 is 0 Å². The molecule has 7 heteroatoms. The standard InChI is InChI=1S/C9H19NO5S/c1-8(4-5-11)7-10-16(14,15)6-2-3-9(12)13/h8,10-11H,2-7H2,1H3,(H,12,13). The van der Waals surface area contributed by atoms with E-state index in [0.29, 0.717) is 6.42 Å². The van der Waals surface area contributed by atoms with Gasteiger partial charge in [0.25, 0.3) is 0 Å². The minimum atomic E-state index is -3.39. The van der Waals surface area contributed by atoms with Crippen LogP contribution in [0.4, 0.5) is 0 Å². The molecule has 16 heavy (non-hydrogen) atoms. The fourth-order valence-corrected chi connectivity index (χ4v) is 2.28. The van der Waals surface area contributed by atoms with E-state index >= 15 is 0 Å². The van der Waals surface area contributed by atoms with Gasteiger partial charge in [-0.15, -0.1) is 0 Å². The maximum atomic E-state index is 11.4. The van der Waals surface area contributed by atoms with Crippen molar-refractivity contribution >= 4 is 16.0 Å². The van der Waals surface area contributed by atoms with Gasteiger partial charge in [-0.1, -0.05) is 6.92 Å². The topological polar surface area (TPSA) is 104 Å². The summed E-state index contributed by atoms with van der Waals surface area (Å²) in [6, 6.07) is 0. The number of aliphatic hydroxyl groups is 1. The fourth-order valence-electron chi connectivity index (χ4n) is 1.08. The van der Waals surface area contributed by atoms with Crippen LogP contribution in [0.15, 0.2) is 0 Å². The molecule has 0 aromatic rings. The van der Waals surface area contributed by atoms with E-state index in [-0.39, 0.29) is 37.7 Å². The molecule has 1 atom stereocenters. The molecule has 0 aromatic carbocycles. The number of sulfonamides is 1. The first-order chi connectivity index (χ1) is 7.37. The summed E-state index contributed by atoms with van der Waals surface area (Å²) in [7, 11) is -3.39. The molecule has 0 aliphatic rings. The third-order valence-corrected chi connectivity index (χ3v) is 3.51. The number of carboxylic acid groups (broad SMARTS) is 1. The van der Waals surface area contributed by atoms with Crippen molar-refractivity contribution in [3.05, 3.63) is 0 Å². The van der Waals surface area contributed by atoms with Gasteiger partial charge in [0.1, 0.15) is 0 Å². The summed E-state index contributed by atoms with van der Waals surface area (Å²) in [5.74, 6) is -1.10. The van der Waals surface area contributed by atoms with Crippen LogP contribution in [-0.4, -0.2) is 43.5 Å². The van der Waals surface area contributed by atoms with Gasteiger partial charge < -0.3 is 10.2 Å². The highest BCUT2D eigenvalue weighted by molar-refractivity contribution is 7.89. The number of aliphatic carboxylic acids is 1. The first-order valence-corrected chi connectivity index (χ1v) is 6.82. The van der Waals surface area contributed by atoms with E-state index in [2.05, 4.69) is 4.72 Å². The molecule has 1 unspecified atom stereocenters. The second-order valence-electron chi connectivity index (χ2n) is 3.78. The molecule has 0 bridgehead atoms. The van der Waals surface area contributed by atoms with Crippen LogP contribution in [0.25, 0.3) is 0 Å². The van der Waals surface area contributed by atoms with Gasteiger partial charge >= 0.3 is 5.97 Å². The van der Waals surface area contributed by atoms with Crippen molar-refractivity contribution in [2.45, 2.75) is 26.2 Å². The SMILES string of the molecule is CC(CCO)CNS(=O)(=O)CCCC(=O)O. The number of nitrogens with one attached hydrogen (secondary N) is 1. The highest BCUT2D eigenvalue weighted by Crippen LogP contribution is 2.00. The predicted octanol–water partition coefficient (Wildman–Crippen LogP) is -0.211. The Kier molecular flexibility index (Phi) is 7.27. The molecule has 0 aliphatic heterocycles. The lowest BCUT2D eigenvalue weighted by Crippen LogP contribution is -2.31. The van der Waals surface area contributed by atoms with Crippen molar-refractivity contribution in [3.63, 3.8) is 0 Å². The molecule has 6 nitrogen and oxygen atoms in total. The van der Waals surface area contributed by atoms with Crippen LogP contribution < -0.4 is 4.72 Å². The molecule has 0 spiro atoms. The average Bonchev–Trinajstić information content (AvgIpc) is 2.14. The summed E-state index contributed by atoms with van der Waals surface area (Å²) in [6.07, 6.45) is 0.504. The Balaban J connectivity index is 3.83. The lowest BCUT2D eigenvalue weighted by atomic mass is 10.1. The number of hydrogen-bond acceptors (Lipinski definition) is 4. The number of carboxylic acids is 1. The van der Waals surface area contributed by atoms with Gasteiger partial charge in [-0.2, -0.15) is 0 Å². The van der Waals surface area contributed by atoms with Crippen LogP contribution in [0.5, 0.6) is 0 Å². The molecule has 0 aromatic heterocycles. The van der Waals surface area contributed by atoms with Gasteiger partial charge in [0.05, 0.1) is 5.75 Å².